The molecule has 2 amide bonds. The van der Waals surface area contributed by atoms with Gasteiger partial charge in [0, 0.05) is 45.5 Å². The van der Waals surface area contributed by atoms with Crippen LogP contribution in [0.5, 0.6) is 0 Å². The molecule has 4 rings (SSSR count). The van der Waals surface area contributed by atoms with E-state index in [1.807, 2.05) is 63.7 Å². The Morgan fingerprint density at radius 2 is 1.82 bits per heavy atom. The predicted octanol–water partition coefficient (Wildman–Crippen LogP) is 3.20. The molecule has 2 aromatic carbocycles. The van der Waals surface area contributed by atoms with E-state index in [2.05, 4.69) is 27.8 Å². The molecule has 2 aromatic heterocycles. The highest BCUT2D eigenvalue weighted by Crippen LogP contribution is 2.18. The molecule has 8 heteroatoms. The molecular formula is C26H30N6O2. The van der Waals surface area contributed by atoms with Crippen LogP contribution in [0.15, 0.2) is 66.9 Å². The van der Waals surface area contributed by atoms with Gasteiger partial charge in [-0.1, -0.05) is 35.5 Å². The zero-order valence-electron chi connectivity index (χ0n) is 19.8. The van der Waals surface area contributed by atoms with Crippen molar-refractivity contribution in [3.8, 4) is 0 Å². The van der Waals surface area contributed by atoms with Crippen LogP contribution in [0.4, 0.5) is 0 Å². The number of nitrogens with zero attached hydrogens (tertiary/aromatic N) is 5. The number of hydrogen-bond acceptors (Lipinski definition) is 4. The molecule has 1 unspecified atom stereocenters. The lowest BCUT2D eigenvalue weighted by atomic mass is 10.0. The fraction of sp³-hybridized carbons (Fsp3) is 0.308. The average molecular weight is 459 g/mol. The first-order chi connectivity index (χ1) is 16.4. The molecule has 0 aliphatic rings. The van der Waals surface area contributed by atoms with Gasteiger partial charge in [-0.05, 0) is 55.2 Å². The highest BCUT2D eigenvalue weighted by atomic mass is 16.2. The van der Waals surface area contributed by atoms with Gasteiger partial charge in [0.15, 0.2) is 0 Å². The second kappa shape index (κ2) is 10.3. The zero-order valence-corrected chi connectivity index (χ0v) is 19.8. The Morgan fingerprint density at radius 3 is 2.56 bits per heavy atom. The maximum Gasteiger partial charge on any atom is 0.267 e. The van der Waals surface area contributed by atoms with Crippen molar-refractivity contribution in [3.05, 3.63) is 83.7 Å². The van der Waals surface area contributed by atoms with Gasteiger partial charge in [-0.25, -0.2) is 4.68 Å². The Hall–Kier alpha value is -3.94. The van der Waals surface area contributed by atoms with E-state index >= 15 is 0 Å². The molecule has 2 heterocycles. The van der Waals surface area contributed by atoms with E-state index in [4.69, 9.17) is 0 Å². The number of aryl methyl sites for hydroxylation is 3. The molecule has 176 valence electrons. The van der Waals surface area contributed by atoms with Crippen LogP contribution in [0.25, 0.3) is 11.0 Å². The molecule has 0 aliphatic carbocycles. The van der Waals surface area contributed by atoms with Crippen LogP contribution < -0.4 is 5.32 Å². The van der Waals surface area contributed by atoms with E-state index in [0.29, 0.717) is 29.7 Å². The lowest BCUT2D eigenvalue weighted by molar-refractivity contribution is 0.0715. The Balaban J connectivity index is 1.46. The van der Waals surface area contributed by atoms with Crippen molar-refractivity contribution < 1.29 is 9.59 Å². The Bertz CT molecular complexity index is 1280. The first kappa shape index (κ1) is 23.2. The monoisotopic (exact) mass is 458 g/mol. The van der Waals surface area contributed by atoms with Crippen LogP contribution >= 0.6 is 0 Å². The lowest BCUT2D eigenvalue weighted by Gasteiger charge is -2.29. The molecule has 1 N–H and O–H groups in total. The number of carbonyl (C=O) groups is 2. The minimum Gasteiger partial charge on any atom is -0.351 e. The first-order valence-corrected chi connectivity index (χ1v) is 11.4. The fourth-order valence-corrected chi connectivity index (χ4v) is 4.19. The van der Waals surface area contributed by atoms with E-state index < -0.39 is 0 Å². The third kappa shape index (κ3) is 5.17. The summed E-state index contributed by atoms with van der Waals surface area (Å²) in [5.74, 6) is -0.184. The van der Waals surface area contributed by atoms with Crippen LogP contribution in [-0.2, 0) is 20.5 Å². The topological polar surface area (TPSA) is 85.1 Å². The molecule has 0 saturated carbocycles. The highest BCUT2D eigenvalue weighted by Gasteiger charge is 2.22. The van der Waals surface area contributed by atoms with Crippen molar-refractivity contribution in [2.75, 3.05) is 13.6 Å². The van der Waals surface area contributed by atoms with E-state index in [1.165, 1.54) is 5.56 Å². The minimum absolute atomic E-state index is 0.0426. The Kier molecular flexibility index (Phi) is 7.06. The molecule has 1 atom stereocenters. The third-order valence-electron chi connectivity index (χ3n) is 6.27. The van der Waals surface area contributed by atoms with Gasteiger partial charge < -0.3 is 14.8 Å². The van der Waals surface area contributed by atoms with Crippen LogP contribution in [-0.4, -0.2) is 55.9 Å². The molecule has 0 fully saturated rings. The Morgan fingerprint density at radius 1 is 1.03 bits per heavy atom. The number of benzene rings is 2. The molecule has 4 aromatic rings. The summed E-state index contributed by atoms with van der Waals surface area (Å²) < 4.78 is 3.48. The number of amides is 2. The van der Waals surface area contributed by atoms with Crippen molar-refractivity contribution in [1.29, 1.82) is 0 Å². The van der Waals surface area contributed by atoms with Crippen LogP contribution in [0.1, 0.15) is 39.3 Å². The van der Waals surface area contributed by atoms with Gasteiger partial charge in [0.05, 0.1) is 5.52 Å². The normalized spacial score (nSPS) is 12.0. The van der Waals surface area contributed by atoms with Crippen LogP contribution in [0.3, 0.4) is 0 Å². The van der Waals surface area contributed by atoms with Crippen molar-refractivity contribution in [2.24, 2.45) is 14.1 Å². The van der Waals surface area contributed by atoms with Gasteiger partial charge >= 0.3 is 0 Å². The van der Waals surface area contributed by atoms with Crippen molar-refractivity contribution in [3.63, 3.8) is 0 Å². The van der Waals surface area contributed by atoms with E-state index in [9.17, 15) is 9.59 Å². The second-order valence-electron chi connectivity index (χ2n) is 8.56. The van der Waals surface area contributed by atoms with Gasteiger partial charge in [0.25, 0.3) is 11.8 Å². The summed E-state index contributed by atoms with van der Waals surface area (Å²) in [6, 6.07) is 19.3. The summed E-state index contributed by atoms with van der Waals surface area (Å²) in [6.45, 7) is 0.476. The Labute approximate surface area is 199 Å². The molecular weight excluding hydrogens is 428 g/mol. The van der Waals surface area contributed by atoms with Crippen LogP contribution in [0.2, 0.25) is 0 Å². The minimum atomic E-state index is -0.114. The first-order valence-electron chi connectivity index (χ1n) is 11.4. The van der Waals surface area contributed by atoms with Gasteiger partial charge in [-0.3, -0.25) is 9.59 Å². The highest BCUT2D eigenvalue weighted by molar-refractivity contribution is 5.97. The average Bonchev–Trinajstić information content (AvgIpc) is 3.45. The summed E-state index contributed by atoms with van der Waals surface area (Å²) in [4.78, 5) is 27.7. The van der Waals surface area contributed by atoms with E-state index in [0.717, 1.165) is 18.4 Å². The maximum absolute atomic E-state index is 13.4. The summed E-state index contributed by atoms with van der Waals surface area (Å²) in [5.41, 5.74) is 3.98. The number of hydrogen-bond donors (Lipinski definition) is 1. The summed E-state index contributed by atoms with van der Waals surface area (Å²) in [5, 5.41) is 11.2. The van der Waals surface area contributed by atoms with E-state index in [-0.39, 0.29) is 17.9 Å². The summed E-state index contributed by atoms with van der Waals surface area (Å²) >= 11 is 0. The van der Waals surface area contributed by atoms with Crippen molar-refractivity contribution in [1.82, 2.24) is 29.8 Å². The van der Waals surface area contributed by atoms with E-state index in [1.54, 1.807) is 26.3 Å². The quantitative estimate of drug-likeness (QED) is 0.417. The molecule has 34 heavy (non-hydrogen) atoms. The predicted molar refractivity (Wildman–Crippen MR) is 132 cm³/mol. The number of aromatic nitrogens is 4. The zero-order chi connectivity index (χ0) is 24.1. The smallest absolute Gasteiger partial charge is 0.267 e. The number of carbonyl (C=O) groups excluding carboxylic acids is 2. The van der Waals surface area contributed by atoms with Gasteiger partial charge in [-0.15, -0.1) is 5.10 Å². The largest absolute Gasteiger partial charge is 0.351 e. The number of rotatable bonds is 9. The molecule has 8 nitrogen and oxygen atoms in total. The molecule has 0 spiro atoms. The fourth-order valence-electron chi connectivity index (χ4n) is 4.19. The summed E-state index contributed by atoms with van der Waals surface area (Å²) in [6.07, 6.45) is 4.13. The summed E-state index contributed by atoms with van der Waals surface area (Å²) in [7, 11) is 5.50. The van der Waals surface area contributed by atoms with Gasteiger partial charge in [0.1, 0.15) is 11.2 Å². The number of fused-ring (bicyclic) bond motifs is 1. The third-order valence-corrected chi connectivity index (χ3v) is 6.27. The van der Waals surface area contributed by atoms with Crippen molar-refractivity contribution in [2.45, 2.75) is 25.3 Å². The number of nitrogens with one attached hydrogen (secondary N) is 1. The van der Waals surface area contributed by atoms with Gasteiger partial charge in [0.2, 0.25) is 0 Å². The molecule has 0 bridgehead atoms. The van der Waals surface area contributed by atoms with Gasteiger partial charge in [-0.2, -0.15) is 0 Å². The SMILES string of the molecule is CN(C(=O)c1ccc2c(c1)nnn2C)C(CCNC(=O)c1cccn1C)CCc1ccccc1. The lowest BCUT2D eigenvalue weighted by Crippen LogP contribution is -2.40. The molecule has 0 aliphatic heterocycles. The molecule has 0 saturated heterocycles. The van der Waals surface area contributed by atoms with Crippen molar-refractivity contribution >= 4 is 22.8 Å². The van der Waals surface area contributed by atoms with Crippen LogP contribution in [0, 0.1) is 0 Å². The standard InChI is InChI=1S/C26H30N6O2/c1-30-17-7-10-24(30)25(33)27-16-15-21(13-11-19-8-5-4-6-9-19)31(2)26(34)20-12-14-23-22(18-20)28-29-32(23)3/h4-10,12,14,17-18,21H,11,13,15-16H2,1-3H3,(H,27,33). The second-order valence-corrected chi connectivity index (χ2v) is 8.56. The maximum atomic E-state index is 13.4. The molecule has 0 radical (unpaired) electrons.